The number of ether oxygens (including phenoxy) is 1. The Bertz CT molecular complexity index is 2090. The number of benzene rings is 3. The third-order valence-electron chi connectivity index (χ3n) is 8.76. The second-order valence-electron chi connectivity index (χ2n) is 11.4. The van der Waals surface area contributed by atoms with E-state index in [2.05, 4.69) is 27.6 Å². The van der Waals surface area contributed by atoms with E-state index in [-0.39, 0.29) is 23.6 Å². The van der Waals surface area contributed by atoms with Gasteiger partial charge in [-0.15, -0.1) is 0 Å². The number of halogens is 1. The van der Waals surface area contributed by atoms with Crippen molar-refractivity contribution in [2.45, 2.75) is 18.9 Å². The molecule has 1 aliphatic heterocycles. The van der Waals surface area contributed by atoms with E-state index in [1.54, 1.807) is 18.2 Å². The highest BCUT2D eigenvalue weighted by atomic mass is 19.1. The van der Waals surface area contributed by atoms with Crippen molar-refractivity contribution in [1.29, 1.82) is 0 Å². The Hall–Kier alpha value is -5.51. The first kappa shape index (κ1) is 26.1. The van der Waals surface area contributed by atoms with Crippen LogP contribution in [-0.4, -0.2) is 37.2 Å². The summed E-state index contributed by atoms with van der Waals surface area (Å²) in [5.41, 5.74) is 11.1. The summed E-state index contributed by atoms with van der Waals surface area (Å²) in [7, 11) is 0. The zero-order valence-electron chi connectivity index (χ0n) is 23.7. The van der Waals surface area contributed by atoms with Crippen molar-refractivity contribution in [2.75, 3.05) is 17.2 Å². The Morgan fingerprint density at radius 1 is 1.09 bits per heavy atom. The van der Waals surface area contributed by atoms with E-state index in [9.17, 15) is 4.79 Å². The first-order valence-electron chi connectivity index (χ1n) is 14.5. The minimum atomic E-state index is -0.469. The molecular formula is C34H28FN7O2. The van der Waals surface area contributed by atoms with Crippen LogP contribution in [0.25, 0.3) is 33.3 Å². The fraction of sp³-hybridized carbons (Fsp3) is 0.176. The third-order valence-corrected chi connectivity index (χ3v) is 8.76. The molecule has 6 aromatic rings. The molecule has 1 amide bonds. The number of aromatic amines is 1. The molecule has 0 bridgehead atoms. The van der Waals surface area contributed by atoms with Crippen LogP contribution in [0.4, 0.5) is 15.9 Å². The molecule has 10 heteroatoms. The second kappa shape index (κ2) is 10.0. The normalized spacial score (nSPS) is 19.2. The van der Waals surface area contributed by atoms with Crippen molar-refractivity contribution in [2.24, 2.45) is 11.8 Å². The van der Waals surface area contributed by atoms with Gasteiger partial charge in [-0.1, -0.05) is 43.0 Å². The SMILES string of the molecule is C=CC(=O)N1CC(C2CC2n2nc(-c3cc4cc(F)c(Oc5ccccc5)cc4[nH]3)c3c(N)ncnc32)Cc2ccccc21. The number of H-pyrrole nitrogens is 1. The van der Waals surface area contributed by atoms with E-state index in [1.165, 1.54) is 18.5 Å². The maximum Gasteiger partial charge on any atom is 0.250 e. The number of anilines is 2. The lowest BCUT2D eigenvalue weighted by Gasteiger charge is -2.34. The van der Waals surface area contributed by atoms with E-state index in [0.29, 0.717) is 57.4 Å². The third kappa shape index (κ3) is 4.29. The van der Waals surface area contributed by atoms with E-state index in [4.69, 9.17) is 15.6 Å². The van der Waals surface area contributed by atoms with Crippen molar-refractivity contribution in [3.05, 3.63) is 103 Å². The summed E-state index contributed by atoms with van der Waals surface area (Å²) in [6.07, 6.45) is 4.61. The number of hydrogen-bond donors (Lipinski definition) is 2. The Balaban J connectivity index is 1.14. The standard InChI is InChI=1S/C34H28FN7O2/c1-2-30(43)41-17-21(12-19-8-6-7-11-27(19)41)23-15-28(23)42-34-31(33(36)37-18-38-34)32(40-42)26-14-20-13-24(35)29(16-25(20)39-26)44-22-9-4-3-5-10-22/h2-11,13-14,16,18,21,23,28,39H,1,12,15,17H2,(H2,36,37,38). The molecule has 218 valence electrons. The molecule has 9 nitrogen and oxygen atoms in total. The highest BCUT2D eigenvalue weighted by molar-refractivity contribution is 6.02. The van der Waals surface area contributed by atoms with Gasteiger partial charge in [0, 0.05) is 29.2 Å². The molecule has 1 fully saturated rings. The predicted octanol–water partition coefficient (Wildman–Crippen LogP) is 6.44. The molecule has 3 atom stereocenters. The predicted molar refractivity (Wildman–Crippen MR) is 167 cm³/mol. The lowest BCUT2D eigenvalue weighted by Crippen LogP contribution is -2.40. The largest absolute Gasteiger partial charge is 0.454 e. The zero-order valence-corrected chi connectivity index (χ0v) is 23.7. The quantitative estimate of drug-likeness (QED) is 0.217. The van der Waals surface area contributed by atoms with Crippen LogP contribution in [0.5, 0.6) is 11.5 Å². The van der Waals surface area contributed by atoms with Gasteiger partial charge >= 0.3 is 0 Å². The van der Waals surface area contributed by atoms with Crippen molar-refractivity contribution >= 4 is 39.3 Å². The number of fused-ring (bicyclic) bond motifs is 3. The number of nitrogen functional groups attached to an aromatic ring is 1. The van der Waals surface area contributed by atoms with E-state index in [0.717, 1.165) is 24.1 Å². The van der Waals surface area contributed by atoms with Crippen LogP contribution < -0.4 is 15.4 Å². The lowest BCUT2D eigenvalue weighted by molar-refractivity contribution is -0.114. The average molecular weight is 586 g/mol. The zero-order chi connectivity index (χ0) is 29.9. The highest BCUT2D eigenvalue weighted by Gasteiger charge is 2.48. The summed E-state index contributed by atoms with van der Waals surface area (Å²) >= 11 is 0. The van der Waals surface area contributed by atoms with Crippen LogP contribution in [0.15, 0.2) is 91.8 Å². The number of amides is 1. The monoisotopic (exact) mass is 585 g/mol. The summed E-state index contributed by atoms with van der Waals surface area (Å²) in [4.78, 5) is 26.8. The topological polar surface area (TPSA) is 115 Å². The van der Waals surface area contributed by atoms with E-state index < -0.39 is 5.82 Å². The minimum absolute atomic E-state index is 0.0872. The molecule has 4 heterocycles. The van der Waals surface area contributed by atoms with E-state index >= 15 is 4.39 Å². The van der Waals surface area contributed by atoms with Gasteiger partial charge in [-0.3, -0.25) is 4.79 Å². The van der Waals surface area contributed by atoms with Crippen LogP contribution in [0.1, 0.15) is 18.0 Å². The van der Waals surface area contributed by atoms with Crippen molar-refractivity contribution < 1.29 is 13.9 Å². The summed E-state index contributed by atoms with van der Waals surface area (Å²) < 4.78 is 22.8. The van der Waals surface area contributed by atoms with Crippen molar-refractivity contribution in [3.8, 4) is 22.9 Å². The first-order valence-corrected chi connectivity index (χ1v) is 14.5. The van der Waals surface area contributed by atoms with E-state index in [1.807, 2.05) is 52.0 Å². The summed E-state index contributed by atoms with van der Waals surface area (Å²) in [5, 5.41) is 6.35. The maximum absolute atomic E-state index is 15.0. The fourth-order valence-electron chi connectivity index (χ4n) is 6.59. The second-order valence-corrected chi connectivity index (χ2v) is 11.4. The molecule has 8 rings (SSSR count). The van der Waals surface area contributed by atoms with Crippen LogP contribution in [0.3, 0.4) is 0 Å². The number of carbonyl (C=O) groups is 1. The van der Waals surface area contributed by atoms with Gasteiger partial charge in [-0.05, 0) is 66.6 Å². The molecule has 2 aliphatic rings. The lowest BCUT2D eigenvalue weighted by atomic mass is 9.88. The molecule has 3 aromatic heterocycles. The summed E-state index contributed by atoms with van der Waals surface area (Å²) in [6, 6.07) is 22.2. The van der Waals surface area contributed by atoms with Gasteiger partial charge < -0.3 is 20.4 Å². The molecular weight excluding hydrogens is 557 g/mol. The number of aromatic nitrogens is 5. The Morgan fingerprint density at radius 2 is 1.91 bits per heavy atom. The van der Waals surface area contributed by atoms with Gasteiger partial charge in [0.15, 0.2) is 17.2 Å². The van der Waals surface area contributed by atoms with Gasteiger partial charge in [-0.2, -0.15) is 5.10 Å². The summed E-state index contributed by atoms with van der Waals surface area (Å²) in [6.45, 7) is 4.33. The van der Waals surface area contributed by atoms with Crippen LogP contribution in [0.2, 0.25) is 0 Å². The Labute approximate surface area is 251 Å². The molecule has 0 spiro atoms. The first-order chi connectivity index (χ1) is 21.5. The van der Waals surface area contributed by atoms with Gasteiger partial charge in [0.2, 0.25) is 5.91 Å². The van der Waals surface area contributed by atoms with Crippen LogP contribution in [0, 0.1) is 17.7 Å². The van der Waals surface area contributed by atoms with Crippen LogP contribution >= 0.6 is 0 Å². The molecule has 1 saturated carbocycles. The number of nitrogens with zero attached hydrogens (tertiary/aromatic N) is 5. The number of carbonyl (C=O) groups excluding carboxylic acids is 1. The van der Waals surface area contributed by atoms with Gasteiger partial charge in [0.05, 0.1) is 17.1 Å². The molecule has 44 heavy (non-hydrogen) atoms. The minimum Gasteiger partial charge on any atom is -0.454 e. The molecule has 0 radical (unpaired) electrons. The van der Waals surface area contributed by atoms with Gasteiger partial charge in [0.1, 0.15) is 23.6 Å². The van der Waals surface area contributed by atoms with Crippen molar-refractivity contribution in [1.82, 2.24) is 24.7 Å². The van der Waals surface area contributed by atoms with Crippen LogP contribution in [-0.2, 0) is 11.2 Å². The molecule has 0 saturated heterocycles. The smallest absolute Gasteiger partial charge is 0.250 e. The molecule has 3 aromatic carbocycles. The van der Waals surface area contributed by atoms with Gasteiger partial charge in [0.25, 0.3) is 0 Å². The fourth-order valence-corrected chi connectivity index (χ4v) is 6.59. The summed E-state index contributed by atoms with van der Waals surface area (Å²) in [5.74, 6) is 0.965. The van der Waals surface area contributed by atoms with Gasteiger partial charge in [-0.25, -0.2) is 19.0 Å². The Kier molecular flexibility index (Phi) is 5.97. The number of hydrogen-bond acceptors (Lipinski definition) is 6. The maximum atomic E-state index is 15.0. The highest BCUT2D eigenvalue weighted by Crippen LogP contribution is 2.52. The van der Waals surface area contributed by atoms with Crippen molar-refractivity contribution in [3.63, 3.8) is 0 Å². The molecule has 1 aliphatic carbocycles. The average Bonchev–Trinajstić information content (AvgIpc) is 3.58. The molecule has 3 N–H and O–H groups in total. The number of nitrogens with two attached hydrogens (primary N) is 1. The Morgan fingerprint density at radius 3 is 2.75 bits per heavy atom. The number of nitrogens with one attached hydrogen (secondary N) is 1. The number of rotatable bonds is 6. The molecule has 3 unspecified atom stereocenters. The number of para-hydroxylation sites is 2.